The van der Waals surface area contributed by atoms with Crippen LogP contribution in [0.2, 0.25) is 15.1 Å². The molecule has 0 aliphatic carbocycles. The highest BCUT2D eigenvalue weighted by Crippen LogP contribution is 2.33. The third kappa shape index (κ3) is 4.51. The van der Waals surface area contributed by atoms with Crippen LogP contribution in [0, 0.1) is 0 Å². The lowest BCUT2D eigenvalue weighted by atomic mass is 10.3. The molecule has 3 nitrogen and oxygen atoms in total. The molecular formula is C14H10BrCl3N2O. The van der Waals surface area contributed by atoms with Crippen LogP contribution >= 0.6 is 50.7 Å². The monoisotopic (exact) mass is 406 g/mol. The second-order valence-electron chi connectivity index (χ2n) is 4.13. The number of anilines is 2. The van der Waals surface area contributed by atoms with Gasteiger partial charge in [0.2, 0.25) is 5.91 Å². The molecule has 0 heterocycles. The maximum absolute atomic E-state index is 11.9. The van der Waals surface area contributed by atoms with E-state index in [-0.39, 0.29) is 12.5 Å². The Hall–Kier alpha value is -0.940. The van der Waals surface area contributed by atoms with Crippen molar-refractivity contribution < 1.29 is 4.79 Å². The van der Waals surface area contributed by atoms with E-state index >= 15 is 0 Å². The Morgan fingerprint density at radius 1 is 1.05 bits per heavy atom. The van der Waals surface area contributed by atoms with Crippen LogP contribution in [-0.2, 0) is 4.79 Å². The van der Waals surface area contributed by atoms with Gasteiger partial charge in [-0.1, -0.05) is 62.9 Å². The Morgan fingerprint density at radius 2 is 1.67 bits per heavy atom. The number of benzene rings is 2. The van der Waals surface area contributed by atoms with Gasteiger partial charge in [0.15, 0.2) is 0 Å². The van der Waals surface area contributed by atoms with Gasteiger partial charge in [0.1, 0.15) is 0 Å². The molecule has 0 bridgehead atoms. The molecule has 0 saturated carbocycles. The molecule has 2 N–H and O–H groups in total. The number of para-hydroxylation sites is 1. The third-order valence-corrected chi connectivity index (χ3v) is 3.96. The first-order chi connectivity index (χ1) is 9.97. The summed E-state index contributed by atoms with van der Waals surface area (Å²) in [7, 11) is 0. The molecule has 7 heteroatoms. The Morgan fingerprint density at radius 3 is 2.29 bits per heavy atom. The van der Waals surface area contributed by atoms with Gasteiger partial charge in [-0.3, -0.25) is 4.79 Å². The highest BCUT2D eigenvalue weighted by atomic mass is 79.9. The summed E-state index contributed by atoms with van der Waals surface area (Å²) in [4.78, 5) is 11.9. The molecule has 0 aromatic heterocycles. The fourth-order valence-electron chi connectivity index (χ4n) is 1.64. The van der Waals surface area contributed by atoms with E-state index in [0.29, 0.717) is 26.4 Å². The molecule has 0 unspecified atom stereocenters. The van der Waals surface area contributed by atoms with E-state index in [2.05, 4.69) is 26.6 Å². The van der Waals surface area contributed by atoms with E-state index in [1.807, 2.05) is 0 Å². The Labute approximate surface area is 145 Å². The van der Waals surface area contributed by atoms with Crippen LogP contribution in [0.3, 0.4) is 0 Å². The molecule has 2 aromatic carbocycles. The maximum Gasteiger partial charge on any atom is 0.243 e. The minimum absolute atomic E-state index is 0.0201. The number of hydrogen-bond acceptors (Lipinski definition) is 2. The summed E-state index contributed by atoms with van der Waals surface area (Å²) in [5.41, 5.74) is 1.06. The highest BCUT2D eigenvalue weighted by Gasteiger charge is 2.10. The van der Waals surface area contributed by atoms with Crippen LogP contribution < -0.4 is 10.6 Å². The zero-order valence-electron chi connectivity index (χ0n) is 10.6. The summed E-state index contributed by atoms with van der Waals surface area (Å²) in [6.07, 6.45) is 0. The summed E-state index contributed by atoms with van der Waals surface area (Å²) in [5.74, 6) is -0.252. The van der Waals surface area contributed by atoms with Crippen molar-refractivity contribution in [1.82, 2.24) is 0 Å². The summed E-state index contributed by atoms with van der Waals surface area (Å²) in [5, 5.41) is 6.95. The summed E-state index contributed by atoms with van der Waals surface area (Å²) < 4.78 is 0.767. The number of rotatable bonds is 4. The van der Waals surface area contributed by atoms with E-state index in [1.54, 1.807) is 36.4 Å². The van der Waals surface area contributed by atoms with Gasteiger partial charge in [-0.25, -0.2) is 0 Å². The molecule has 0 radical (unpaired) electrons. The van der Waals surface area contributed by atoms with Crippen LogP contribution in [-0.4, -0.2) is 12.5 Å². The molecular weight excluding hydrogens is 398 g/mol. The van der Waals surface area contributed by atoms with Crippen molar-refractivity contribution in [2.24, 2.45) is 0 Å². The fraction of sp³-hybridized carbons (Fsp3) is 0.0714. The standard InChI is InChI=1S/C14H10BrCl3N2O/c15-8-5-10(17)14(11(18)6-8)19-7-13(21)20-12-4-2-1-3-9(12)16/h1-6,19H,7H2,(H,20,21). The lowest BCUT2D eigenvalue weighted by Crippen LogP contribution is -2.22. The van der Waals surface area contributed by atoms with Gasteiger partial charge >= 0.3 is 0 Å². The van der Waals surface area contributed by atoms with Crippen LogP contribution in [0.15, 0.2) is 40.9 Å². The minimum Gasteiger partial charge on any atom is -0.374 e. The average Bonchev–Trinajstić information content (AvgIpc) is 2.40. The molecule has 2 rings (SSSR count). The van der Waals surface area contributed by atoms with E-state index in [1.165, 1.54) is 0 Å². The first-order valence-corrected chi connectivity index (χ1v) is 7.83. The molecule has 1 amide bonds. The Bertz CT molecular complexity index is 656. The zero-order valence-corrected chi connectivity index (χ0v) is 14.4. The van der Waals surface area contributed by atoms with Crippen molar-refractivity contribution >= 4 is 68.0 Å². The molecule has 110 valence electrons. The molecule has 0 fully saturated rings. The molecule has 0 atom stereocenters. The normalized spacial score (nSPS) is 10.3. The van der Waals surface area contributed by atoms with Gasteiger partial charge < -0.3 is 10.6 Å². The van der Waals surface area contributed by atoms with Gasteiger partial charge in [-0.05, 0) is 24.3 Å². The van der Waals surface area contributed by atoms with Gasteiger partial charge in [-0.15, -0.1) is 0 Å². The molecule has 0 aliphatic rings. The van der Waals surface area contributed by atoms with E-state index < -0.39 is 0 Å². The number of amides is 1. The molecule has 0 saturated heterocycles. The summed E-state index contributed by atoms with van der Waals surface area (Å²) >= 11 is 21.4. The van der Waals surface area contributed by atoms with E-state index in [9.17, 15) is 4.79 Å². The number of nitrogens with one attached hydrogen (secondary N) is 2. The molecule has 21 heavy (non-hydrogen) atoms. The second kappa shape index (κ2) is 7.36. The second-order valence-corrected chi connectivity index (χ2v) is 6.26. The quantitative estimate of drug-likeness (QED) is 0.705. The van der Waals surface area contributed by atoms with Gasteiger partial charge in [-0.2, -0.15) is 0 Å². The first kappa shape index (κ1) is 16.4. The van der Waals surface area contributed by atoms with E-state index in [0.717, 1.165) is 4.47 Å². The van der Waals surface area contributed by atoms with Crippen molar-refractivity contribution in [2.75, 3.05) is 17.2 Å². The van der Waals surface area contributed by atoms with Crippen molar-refractivity contribution in [1.29, 1.82) is 0 Å². The zero-order chi connectivity index (χ0) is 15.4. The largest absolute Gasteiger partial charge is 0.374 e. The van der Waals surface area contributed by atoms with Crippen LogP contribution in [0.1, 0.15) is 0 Å². The van der Waals surface area contributed by atoms with Crippen molar-refractivity contribution in [3.8, 4) is 0 Å². The Balaban J connectivity index is 2.01. The summed E-state index contributed by atoms with van der Waals surface area (Å²) in [6.45, 7) is 0.0201. The van der Waals surface area contributed by atoms with Gasteiger partial charge in [0.25, 0.3) is 0 Å². The molecule has 2 aromatic rings. The van der Waals surface area contributed by atoms with E-state index in [4.69, 9.17) is 34.8 Å². The lowest BCUT2D eigenvalue weighted by Gasteiger charge is -2.11. The van der Waals surface area contributed by atoms with Crippen LogP contribution in [0.5, 0.6) is 0 Å². The number of carbonyl (C=O) groups is 1. The molecule has 0 spiro atoms. The summed E-state index contributed by atoms with van der Waals surface area (Å²) in [6, 6.07) is 10.4. The minimum atomic E-state index is -0.252. The first-order valence-electron chi connectivity index (χ1n) is 5.90. The van der Waals surface area contributed by atoms with Crippen molar-refractivity contribution in [2.45, 2.75) is 0 Å². The van der Waals surface area contributed by atoms with Crippen LogP contribution in [0.4, 0.5) is 11.4 Å². The highest BCUT2D eigenvalue weighted by molar-refractivity contribution is 9.10. The number of halogens is 4. The number of carbonyl (C=O) groups excluding carboxylic acids is 1. The van der Waals surface area contributed by atoms with Crippen molar-refractivity contribution in [3.63, 3.8) is 0 Å². The van der Waals surface area contributed by atoms with Gasteiger partial charge in [0, 0.05) is 4.47 Å². The predicted octanol–water partition coefficient (Wildman–Crippen LogP) is 5.46. The molecule has 0 aliphatic heterocycles. The Kier molecular flexibility index (Phi) is 5.76. The number of hydrogen-bond donors (Lipinski definition) is 2. The van der Waals surface area contributed by atoms with Crippen LogP contribution in [0.25, 0.3) is 0 Å². The van der Waals surface area contributed by atoms with Crippen molar-refractivity contribution in [3.05, 3.63) is 55.9 Å². The predicted molar refractivity (Wildman–Crippen MR) is 92.7 cm³/mol. The average molecular weight is 409 g/mol. The van der Waals surface area contributed by atoms with Gasteiger partial charge in [0.05, 0.1) is 33.0 Å². The smallest absolute Gasteiger partial charge is 0.243 e. The third-order valence-electron chi connectivity index (χ3n) is 2.58. The fourth-order valence-corrected chi connectivity index (χ4v) is 3.16. The maximum atomic E-state index is 11.9. The topological polar surface area (TPSA) is 41.1 Å². The SMILES string of the molecule is O=C(CNc1c(Cl)cc(Br)cc1Cl)Nc1ccccc1Cl. The lowest BCUT2D eigenvalue weighted by molar-refractivity contribution is -0.114.